The zero-order valence-electron chi connectivity index (χ0n) is 13.1. The SMILES string of the molecule is CN1C(=O)[C@H]2[C@@H](C1=O)[C@]1(C(=O)Nc3ccc(F)cc31)N1CCC[C@@H]21. The molecule has 3 amide bonds. The van der Waals surface area contributed by atoms with Crippen molar-refractivity contribution in [2.75, 3.05) is 18.9 Å². The number of halogens is 1. The molecule has 4 aliphatic heterocycles. The van der Waals surface area contributed by atoms with E-state index in [0.717, 1.165) is 17.7 Å². The highest BCUT2D eigenvalue weighted by Crippen LogP contribution is 2.60. The van der Waals surface area contributed by atoms with Crippen molar-refractivity contribution in [3.8, 4) is 0 Å². The number of amides is 3. The monoisotopic (exact) mass is 329 g/mol. The van der Waals surface area contributed by atoms with Gasteiger partial charge in [-0.25, -0.2) is 4.39 Å². The average molecular weight is 329 g/mol. The number of benzene rings is 1. The molecule has 1 aromatic carbocycles. The Morgan fingerprint density at radius 1 is 1.25 bits per heavy atom. The first-order valence-corrected chi connectivity index (χ1v) is 8.17. The summed E-state index contributed by atoms with van der Waals surface area (Å²) < 4.78 is 13.9. The summed E-state index contributed by atoms with van der Waals surface area (Å²) in [5, 5.41) is 2.80. The third kappa shape index (κ3) is 1.31. The number of hydrogen-bond donors (Lipinski definition) is 1. The van der Waals surface area contributed by atoms with E-state index >= 15 is 0 Å². The summed E-state index contributed by atoms with van der Waals surface area (Å²) in [6.45, 7) is 0.630. The molecule has 7 heteroatoms. The summed E-state index contributed by atoms with van der Waals surface area (Å²) in [5.74, 6) is -2.63. The lowest BCUT2D eigenvalue weighted by Crippen LogP contribution is -2.53. The maximum atomic E-state index is 13.9. The molecule has 4 aliphatic rings. The smallest absolute Gasteiger partial charge is 0.250 e. The number of nitrogens with one attached hydrogen (secondary N) is 1. The van der Waals surface area contributed by atoms with E-state index in [1.807, 2.05) is 4.90 Å². The molecule has 1 aromatic rings. The van der Waals surface area contributed by atoms with Crippen LogP contribution >= 0.6 is 0 Å². The van der Waals surface area contributed by atoms with E-state index in [4.69, 9.17) is 0 Å². The van der Waals surface area contributed by atoms with Crippen molar-refractivity contribution in [2.45, 2.75) is 24.4 Å². The Kier molecular flexibility index (Phi) is 2.48. The van der Waals surface area contributed by atoms with Crippen LogP contribution in [0.15, 0.2) is 18.2 Å². The second kappa shape index (κ2) is 4.22. The van der Waals surface area contributed by atoms with Crippen LogP contribution in [0.4, 0.5) is 10.1 Å². The molecule has 24 heavy (non-hydrogen) atoms. The Hall–Kier alpha value is -2.28. The molecule has 0 radical (unpaired) electrons. The van der Waals surface area contributed by atoms with Crippen LogP contribution in [0.2, 0.25) is 0 Å². The van der Waals surface area contributed by atoms with Crippen LogP contribution < -0.4 is 5.32 Å². The zero-order chi connectivity index (χ0) is 16.8. The van der Waals surface area contributed by atoms with Crippen molar-refractivity contribution in [1.82, 2.24) is 9.80 Å². The summed E-state index contributed by atoms with van der Waals surface area (Å²) in [5.41, 5.74) is -0.244. The van der Waals surface area contributed by atoms with Gasteiger partial charge in [-0.15, -0.1) is 0 Å². The normalized spacial score (nSPS) is 37.2. The molecule has 1 spiro atoms. The van der Waals surface area contributed by atoms with Crippen molar-refractivity contribution in [3.05, 3.63) is 29.6 Å². The molecule has 3 saturated heterocycles. The van der Waals surface area contributed by atoms with Crippen LogP contribution in [0.5, 0.6) is 0 Å². The molecule has 5 rings (SSSR count). The molecule has 1 N–H and O–H groups in total. The van der Waals surface area contributed by atoms with Gasteiger partial charge in [0.2, 0.25) is 17.7 Å². The Labute approximate surface area is 137 Å². The number of nitrogens with zero attached hydrogens (tertiary/aromatic N) is 2. The average Bonchev–Trinajstić information content (AvgIpc) is 3.24. The molecule has 0 bridgehead atoms. The van der Waals surface area contributed by atoms with Crippen molar-refractivity contribution < 1.29 is 18.8 Å². The van der Waals surface area contributed by atoms with Crippen molar-refractivity contribution >= 4 is 23.4 Å². The number of anilines is 1. The Bertz CT molecular complexity index is 825. The van der Waals surface area contributed by atoms with Gasteiger partial charge in [0.15, 0.2) is 0 Å². The number of hydrogen-bond acceptors (Lipinski definition) is 4. The molecule has 6 nitrogen and oxygen atoms in total. The molecule has 3 fully saturated rings. The van der Waals surface area contributed by atoms with Crippen molar-refractivity contribution in [3.63, 3.8) is 0 Å². The van der Waals surface area contributed by atoms with Gasteiger partial charge in [-0.3, -0.25) is 24.2 Å². The summed E-state index contributed by atoms with van der Waals surface area (Å²) in [6, 6.07) is 4.01. The first kappa shape index (κ1) is 14.1. The van der Waals surface area contributed by atoms with Gasteiger partial charge in [0.05, 0.1) is 11.8 Å². The first-order valence-electron chi connectivity index (χ1n) is 8.17. The Balaban J connectivity index is 1.81. The van der Waals surface area contributed by atoms with E-state index in [1.54, 1.807) is 0 Å². The number of imide groups is 1. The number of rotatable bonds is 0. The zero-order valence-corrected chi connectivity index (χ0v) is 13.1. The van der Waals surface area contributed by atoms with Gasteiger partial charge in [0, 0.05) is 24.3 Å². The summed E-state index contributed by atoms with van der Waals surface area (Å²) in [7, 11) is 1.47. The molecule has 0 saturated carbocycles. The van der Waals surface area contributed by atoms with Crippen LogP contribution in [0.3, 0.4) is 0 Å². The molecule has 4 heterocycles. The molecule has 0 unspecified atom stereocenters. The molecule has 4 atom stereocenters. The summed E-state index contributed by atoms with van der Waals surface area (Å²) in [6.07, 6.45) is 1.63. The highest BCUT2D eigenvalue weighted by atomic mass is 19.1. The highest BCUT2D eigenvalue weighted by Gasteiger charge is 2.74. The van der Waals surface area contributed by atoms with E-state index in [-0.39, 0.29) is 23.8 Å². The van der Waals surface area contributed by atoms with E-state index < -0.39 is 23.2 Å². The summed E-state index contributed by atoms with van der Waals surface area (Å²) >= 11 is 0. The van der Waals surface area contributed by atoms with Crippen LogP contribution in [0.25, 0.3) is 0 Å². The van der Waals surface area contributed by atoms with Crippen LogP contribution in [0, 0.1) is 17.7 Å². The van der Waals surface area contributed by atoms with Gasteiger partial charge in [-0.05, 0) is 37.6 Å². The fourth-order valence-corrected chi connectivity index (χ4v) is 5.32. The maximum absolute atomic E-state index is 13.9. The highest BCUT2D eigenvalue weighted by molar-refractivity contribution is 6.15. The molecule has 124 valence electrons. The molecule has 0 aromatic heterocycles. The quantitative estimate of drug-likeness (QED) is 0.711. The van der Waals surface area contributed by atoms with Gasteiger partial charge < -0.3 is 5.32 Å². The van der Waals surface area contributed by atoms with Gasteiger partial charge in [-0.1, -0.05) is 0 Å². The number of carbonyl (C=O) groups is 3. The van der Waals surface area contributed by atoms with Gasteiger partial charge in [0.1, 0.15) is 11.4 Å². The lowest BCUT2D eigenvalue weighted by molar-refractivity contribution is -0.144. The van der Waals surface area contributed by atoms with Crippen LogP contribution in [0.1, 0.15) is 18.4 Å². The van der Waals surface area contributed by atoms with Gasteiger partial charge in [0.25, 0.3) is 0 Å². The Morgan fingerprint density at radius 3 is 2.83 bits per heavy atom. The third-order valence-electron chi connectivity index (χ3n) is 6.17. The second-order valence-electron chi connectivity index (χ2n) is 7.05. The molecule has 0 aliphatic carbocycles. The van der Waals surface area contributed by atoms with Crippen molar-refractivity contribution in [1.29, 1.82) is 0 Å². The number of carbonyl (C=O) groups excluding carboxylic acids is 3. The fraction of sp³-hybridized carbons (Fsp3) is 0.471. The Morgan fingerprint density at radius 2 is 2.04 bits per heavy atom. The molecular formula is C17H16FN3O3. The first-order chi connectivity index (χ1) is 11.5. The van der Waals surface area contributed by atoms with E-state index in [1.165, 1.54) is 25.2 Å². The minimum atomic E-state index is -1.26. The third-order valence-corrected chi connectivity index (χ3v) is 6.17. The predicted octanol–water partition coefficient (Wildman–Crippen LogP) is 0.682. The van der Waals surface area contributed by atoms with Crippen LogP contribution in [-0.2, 0) is 19.9 Å². The minimum Gasteiger partial charge on any atom is -0.324 e. The predicted molar refractivity (Wildman–Crippen MR) is 81.2 cm³/mol. The second-order valence-corrected chi connectivity index (χ2v) is 7.05. The van der Waals surface area contributed by atoms with Crippen LogP contribution in [-0.4, -0.2) is 47.2 Å². The fourth-order valence-electron chi connectivity index (χ4n) is 5.32. The van der Waals surface area contributed by atoms with E-state index in [0.29, 0.717) is 17.8 Å². The largest absolute Gasteiger partial charge is 0.324 e. The topological polar surface area (TPSA) is 69.7 Å². The number of fused-ring (bicyclic) bond motifs is 7. The van der Waals surface area contributed by atoms with Gasteiger partial charge >= 0.3 is 0 Å². The van der Waals surface area contributed by atoms with E-state index in [2.05, 4.69) is 5.32 Å². The van der Waals surface area contributed by atoms with Crippen molar-refractivity contribution in [2.24, 2.45) is 11.8 Å². The lowest BCUT2D eigenvalue weighted by atomic mass is 9.75. The summed E-state index contributed by atoms with van der Waals surface area (Å²) in [4.78, 5) is 41.6. The number of likely N-dealkylation sites (tertiary alicyclic amines) is 1. The van der Waals surface area contributed by atoms with Gasteiger partial charge in [-0.2, -0.15) is 0 Å². The lowest BCUT2D eigenvalue weighted by Gasteiger charge is -2.36. The maximum Gasteiger partial charge on any atom is 0.250 e. The standard InChI is InChI=1S/C17H16FN3O3/c1-20-14(22)12-11-3-2-6-21(11)17(13(12)15(20)23)9-7-8(18)4-5-10(9)19-16(17)24/h4-5,7,11-13H,2-3,6H2,1H3,(H,19,24)/t11-,12+,13-,17+/m0/s1. The van der Waals surface area contributed by atoms with E-state index in [9.17, 15) is 18.8 Å². The minimum absolute atomic E-state index is 0.142. The molecular weight excluding hydrogens is 313 g/mol.